The molecule has 1 fully saturated rings. The average Bonchev–Trinajstić information content (AvgIpc) is 2.80. The first kappa shape index (κ1) is 8.38. The first-order valence-electron chi connectivity index (χ1n) is 4.35. The van der Waals surface area contributed by atoms with E-state index in [1.807, 2.05) is 6.07 Å². The summed E-state index contributed by atoms with van der Waals surface area (Å²) in [6.07, 6.45) is 1.91. The Morgan fingerprint density at radius 1 is 1.31 bits per heavy atom. The van der Waals surface area contributed by atoms with Crippen LogP contribution in [0.1, 0.15) is 24.0 Å². The van der Waals surface area contributed by atoms with Gasteiger partial charge in [-0.3, -0.25) is 0 Å². The van der Waals surface area contributed by atoms with Gasteiger partial charge in [0.25, 0.3) is 0 Å². The lowest BCUT2D eigenvalue weighted by Gasteiger charge is -2.11. The van der Waals surface area contributed by atoms with Gasteiger partial charge in [0.1, 0.15) is 0 Å². The number of phenols is 2. The topological polar surface area (TPSA) is 66.5 Å². The number of benzene rings is 1. The summed E-state index contributed by atoms with van der Waals surface area (Å²) in [5.74, 6) is -0.125. The van der Waals surface area contributed by atoms with E-state index >= 15 is 0 Å². The van der Waals surface area contributed by atoms with E-state index in [4.69, 9.17) is 5.73 Å². The fourth-order valence-electron chi connectivity index (χ4n) is 1.47. The number of aromatic hydroxyl groups is 2. The number of hydrogen-bond donors (Lipinski definition) is 3. The molecule has 0 saturated heterocycles. The van der Waals surface area contributed by atoms with Crippen molar-refractivity contribution in [3.63, 3.8) is 0 Å². The van der Waals surface area contributed by atoms with Crippen LogP contribution in [0.25, 0.3) is 0 Å². The van der Waals surface area contributed by atoms with Gasteiger partial charge in [-0.15, -0.1) is 0 Å². The summed E-state index contributed by atoms with van der Waals surface area (Å²) in [4.78, 5) is 0. The minimum atomic E-state index is -0.254. The van der Waals surface area contributed by atoms with E-state index in [2.05, 4.69) is 0 Å². The molecule has 0 atom stereocenters. The Morgan fingerprint density at radius 2 is 1.92 bits per heavy atom. The normalized spacial score (nSPS) is 18.6. The molecule has 0 bridgehead atoms. The minimum absolute atomic E-state index is 0.0481. The number of rotatable bonds is 1. The maximum absolute atomic E-state index is 9.37. The Labute approximate surface area is 76.8 Å². The molecule has 0 unspecified atom stereocenters. The van der Waals surface area contributed by atoms with Crippen LogP contribution < -0.4 is 5.73 Å². The third-order valence-corrected chi connectivity index (χ3v) is 2.64. The monoisotopic (exact) mass is 179 g/mol. The highest BCUT2D eigenvalue weighted by molar-refractivity contribution is 5.49. The van der Waals surface area contributed by atoms with Gasteiger partial charge in [-0.2, -0.15) is 0 Å². The highest BCUT2D eigenvalue weighted by Gasteiger charge is 2.40. The van der Waals surface area contributed by atoms with Crippen molar-refractivity contribution in [2.45, 2.75) is 25.3 Å². The van der Waals surface area contributed by atoms with Gasteiger partial charge < -0.3 is 15.9 Å². The maximum Gasteiger partial charge on any atom is 0.160 e. The van der Waals surface area contributed by atoms with Crippen LogP contribution in [0, 0.1) is 6.92 Å². The fourth-order valence-corrected chi connectivity index (χ4v) is 1.47. The van der Waals surface area contributed by atoms with Gasteiger partial charge in [0.15, 0.2) is 11.5 Å². The Bertz CT molecular complexity index is 333. The van der Waals surface area contributed by atoms with Crippen LogP contribution in [0.15, 0.2) is 12.1 Å². The maximum atomic E-state index is 9.37. The summed E-state index contributed by atoms with van der Waals surface area (Å²) in [6.45, 7) is 1.75. The minimum Gasteiger partial charge on any atom is -0.504 e. The molecule has 0 heterocycles. The third kappa shape index (κ3) is 1.25. The van der Waals surface area contributed by atoms with E-state index in [1.54, 1.807) is 13.0 Å². The number of hydrogen-bond acceptors (Lipinski definition) is 3. The number of nitrogens with two attached hydrogens (primary N) is 1. The molecule has 0 aromatic heterocycles. The summed E-state index contributed by atoms with van der Waals surface area (Å²) in [6, 6.07) is 3.39. The van der Waals surface area contributed by atoms with Crippen molar-refractivity contribution in [2.24, 2.45) is 5.73 Å². The van der Waals surface area contributed by atoms with Crippen molar-refractivity contribution >= 4 is 0 Å². The molecule has 0 aliphatic heterocycles. The quantitative estimate of drug-likeness (QED) is 0.570. The van der Waals surface area contributed by atoms with E-state index < -0.39 is 0 Å². The first-order chi connectivity index (χ1) is 6.03. The summed E-state index contributed by atoms with van der Waals surface area (Å²) in [5.41, 5.74) is 7.30. The van der Waals surface area contributed by atoms with Gasteiger partial charge in [-0.1, -0.05) is 6.07 Å². The van der Waals surface area contributed by atoms with Crippen LogP contribution in [0.3, 0.4) is 0 Å². The molecular weight excluding hydrogens is 166 g/mol. The van der Waals surface area contributed by atoms with Crippen LogP contribution in [-0.4, -0.2) is 10.2 Å². The highest BCUT2D eigenvalue weighted by Crippen LogP contribution is 2.45. The SMILES string of the molecule is Cc1cc(C2(N)CC2)cc(O)c1O. The van der Waals surface area contributed by atoms with Crippen molar-refractivity contribution in [3.8, 4) is 11.5 Å². The van der Waals surface area contributed by atoms with Gasteiger partial charge in [0.2, 0.25) is 0 Å². The Hall–Kier alpha value is -1.22. The van der Waals surface area contributed by atoms with Crippen LogP contribution in [0.4, 0.5) is 0 Å². The standard InChI is InChI=1S/C10H13NO2/c1-6-4-7(10(11)2-3-10)5-8(12)9(6)13/h4-5,12-13H,2-3,11H2,1H3. The van der Waals surface area contributed by atoms with E-state index in [9.17, 15) is 10.2 Å². The predicted molar refractivity (Wildman–Crippen MR) is 49.6 cm³/mol. The zero-order chi connectivity index (χ0) is 9.64. The molecule has 1 aliphatic rings. The van der Waals surface area contributed by atoms with Crippen molar-refractivity contribution < 1.29 is 10.2 Å². The third-order valence-electron chi connectivity index (χ3n) is 2.64. The lowest BCUT2D eigenvalue weighted by atomic mass is 10.0. The largest absolute Gasteiger partial charge is 0.504 e. The predicted octanol–water partition coefficient (Wildman–Crippen LogP) is 1.35. The highest BCUT2D eigenvalue weighted by atomic mass is 16.3. The molecule has 0 spiro atoms. The lowest BCUT2D eigenvalue weighted by molar-refractivity contribution is 0.400. The van der Waals surface area contributed by atoms with Crippen molar-refractivity contribution in [1.82, 2.24) is 0 Å². The molecule has 1 aromatic rings. The summed E-state index contributed by atoms with van der Waals surface area (Å²) < 4.78 is 0. The van der Waals surface area contributed by atoms with Crippen molar-refractivity contribution in [1.29, 1.82) is 0 Å². The van der Waals surface area contributed by atoms with Gasteiger partial charge in [-0.25, -0.2) is 0 Å². The molecule has 1 saturated carbocycles. The smallest absolute Gasteiger partial charge is 0.160 e. The summed E-state index contributed by atoms with van der Waals surface area (Å²) in [7, 11) is 0. The molecule has 0 radical (unpaired) electrons. The molecule has 13 heavy (non-hydrogen) atoms. The van der Waals surface area contributed by atoms with E-state index in [0.717, 1.165) is 18.4 Å². The zero-order valence-corrected chi connectivity index (χ0v) is 7.54. The molecule has 0 amide bonds. The second kappa shape index (κ2) is 2.39. The molecule has 3 nitrogen and oxygen atoms in total. The molecule has 70 valence electrons. The summed E-state index contributed by atoms with van der Waals surface area (Å²) in [5, 5.41) is 18.7. The van der Waals surface area contributed by atoms with Crippen LogP contribution in [0.2, 0.25) is 0 Å². The Balaban J connectivity index is 2.50. The average molecular weight is 179 g/mol. The van der Waals surface area contributed by atoms with Gasteiger partial charge in [-0.05, 0) is 37.0 Å². The molecular formula is C10H13NO2. The van der Waals surface area contributed by atoms with Crippen LogP contribution in [-0.2, 0) is 5.54 Å². The number of aryl methyl sites for hydroxylation is 1. The molecule has 2 rings (SSSR count). The van der Waals surface area contributed by atoms with Gasteiger partial charge in [0, 0.05) is 5.54 Å². The molecule has 4 N–H and O–H groups in total. The van der Waals surface area contributed by atoms with Crippen LogP contribution >= 0.6 is 0 Å². The first-order valence-corrected chi connectivity index (χ1v) is 4.35. The van der Waals surface area contributed by atoms with Gasteiger partial charge in [0.05, 0.1) is 0 Å². The Kier molecular flexibility index (Phi) is 1.54. The molecule has 1 aliphatic carbocycles. The van der Waals surface area contributed by atoms with E-state index in [0.29, 0.717) is 5.56 Å². The second-order valence-corrected chi connectivity index (χ2v) is 3.82. The fraction of sp³-hybridized carbons (Fsp3) is 0.400. The van der Waals surface area contributed by atoms with Crippen LogP contribution in [0.5, 0.6) is 11.5 Å². The molecule has 3 heteroatoms. The second-order valence-electron chi connectivity index (χ2n) is 3.82. The molecule has 1 aromatic carbocycles. The van der Waals surface area contributed by atoms with Gasteiger partial charge >= 0.3 is 0 Å². The van der Waals surface area contributed by atoms with E-state index in [-0.39, 0.29) is 17.0 Å². The van der Waals surface area contributed by atoms with Crippen molar-refractivity contribution in [3.05, 3.63) is 23.3 Å². The van der Waals surface area contributed by atoms with Crippen molar-refractivity contribution in [2.75, 3.05) is 0 Å². The summed E-state index contributed by atoms with van der Waals surface area (Å²) >= 11 is 0. The Morgan fingerprint density at radius 3 is 2.38 bits per heavy atom. The van der Waals surface area contributed by atoms with E-state index in [1.165, 1.54) is 0 Å². The number of phenolic OH excluding ortho intramolecular Hbond substituents is 2. The lowest BCUT2D eigenvalue weighted by Crippen LogP contribution is -2.18. The zero-order valence-electron chi connectivity index (χ0n) is 7.54.